The maximum absolute atomic E-state index is 12.8. The van der Waals surface area contributed by atoms with Gasteiger partial charge in [0.1, 0.15) is 4.90 Å². The Morgan fingerprint density at radius 2 is 1.72 bits per heavy atom. The van der Waals surface area contributed by atoms with Gasteiger partial charge in [-0.05, 0) is 32.6 Å². The lowest BCUT2D eigenvalue weighted by Crippen LogP contribution is -2.69. The Labute approximate surface area is 167 Å². The van der Waals surface area contributed by atoms with Crippen LogP contribution >= 0.6 is 0 Å². The van der Waals surface area contributed by atoms with Crippen LogP contribution in [0.15, 0.2) is 11.1 Å². The summed E-state index contributed by atoms with van der Waals surface area (Å²) in [5.74, 6) is -1.33. The van der Waals surface area contributed by atoms with E-state index >= 15 is 0 Å². The smallest absolute Gasteiger partial charge is 0.380 e. The number of hydrogen-bond acceptors (Lipinski definition) is 6. The summed E-state index contributed by atoms with van der Waals surface area (Å²) >= 11 is 0. The first kappa shape index (κ1) is 19.7. The standard InChI is InChI=1S/C18H23F3N4O3S/c1-11-14(6-22-15(23-11)18(19,20)21)29(26,27)25-7-16(8-25)2-12(3-16)24-13-4-17(5-13)9-28-10-17/h6,12-13,24H,2-5,7-10H2,1H3. The highest BCUT2D eigenvalue weighted by molar-refractivity contribution is 7.89. The summed E-state index contributed by atoms with van der Waals surface area (Å²) in [4.78, 5) is 6.30. The van der Waals surface area contributed by atoms with Gasteiger partial charge in [0.05, 0.1) is 25.1 Å². The highest BCUT2D eigenvalue weighted by atomic mass is 32.2. The monoisotopic (exact) mass is 432 g/mol. The van der Waals surface area contributed by atoms with Gasteiger partial charge in [-0.15, -0.1) is 0 Å². The van der Waals surface area contributed by atoms with Crippen LogP contribution in [0.5, 0.6) is 0 Å². The third-order valence-corrected chi connectivity index (χ3v) is 8.73. The maximum Gasteiger partial charge on any atom is 0.451 e. The van der Waals surface area contributed by atoms with Gasteiger partial charge in [-0.2, -0.15) is 17.5 Å². The van der Waals surface area contributed by atoms with E-state index < -0.39 is 22.0 Å². The molecule has 0 amide bonds. The quantitative estimate of drug-likeness (QED) is 0.780. The van der Waals surface area contributed by atoms with Crippen molar-refractivity contribution in [1.29, 1.82) is 0 Å². The van der Waals surface area contributed by atoms with Crippen LogP contribution in [0.25, 0.3) is 0 Å². The number of nitrogens with one attached hydrogen (secondary N) is 1. The van der Waals surface area contributed by atoms with E-state index in [1.165, 1.54) is 11.2 Å². The van der Waals surface area contributed by atoms with E-state index in [4.69, 9.17) is 4.74 Å². The van der Waals surface area contributed by atoms with Gasteiger partial charge in [-0.3, -0.25) is 0 Å². The van der Waals surface area contributed by atoms with Crippen molar-refractivity contribution < 1.29 is 26.3 Å². The Morgan fingerprint density at radius 3 is 2.21 bits per heavy atom. The molecule has 160 valence electrons. The number of ether oxygens (including phenoxy) is 1. The number of aryl methyl sites for hydroxylation is 1. The predicted octanol–water partition coefficient (Wildman–Crippen LogP) is 1.73. The zero-order valence-corrected chi connectivity index (χ0v) is 16.8. The van der Waals surface area contributed by atoms with Gasteiger partial charge in [-0.1, -0.05) is 0 Å². The molecule has 7 nitrogen and oxygen atoms in total. The molecule has 2 saturated heterocycles. The minimum atomic E-state index is -4.70. The molecule has 2 spiro atoms. The van der Waals surface area contributed by atoms with E-state index in [-0.39, 0.29) is 16.0 Å². The number of nitrogens with zero attached hydrogens (tertiary/aromatic N) is 3. The average molecular weight is 432 g/mol. The molecule has 29 heavy (non-hydrogen) atoms. The normalized spacial score (nSPS) is 28.5. The van der Waals surface area contributed by atoms with E-state index in [1.54, 1.807) is 0 Å². The number of aromatic nitrogens is 2. The summed E-state index contributed by atoms with van der Waals surface area (Å²) in [5, 5.41) is 3.66. The van der Waals surface area contributed by atoms with Crippen molar-refractivity contribution in [2.75, 3.05) is 26.3 Å². The number of rotatable bonds is 4. The highest BCUT2D eigenvalue weighted by Gasteiger charge is 2.57. The Morgan fingerprint density at radius 1 is 1.14 bits per heavy atom. The third-order valence-electron chi connectivity index (χ3n) is 6.83. The van der Waals surface area contributed by atoms with Crippen LogP contribution in [0.3, 0.4) is 0 Å². The van der Waals surface area contributed by atoms with Crippen LogP contribution in [-0.4, -0.2) is 61.1 Å². The summed E-state index contributed by atoms with van der Waals surface area (Å²) < 4.78 is 70.3. The zero-order valence-electron chi connectivity index (χ0n) is 16.0. The molecule has 4 aliphatic rings. The van der Waals surface area contributed by atoms with Gasteiger partial charge in [-0.25, -0.2) is 18.4 Å². The number of halogens is 3. The molecular formula is C18H23F3N4O3S. The van der Waals surface area contributed by atoms with E-state index in [0.29, 0.717) is 30.6 Å². The van der Waals surface area contributed by atoms with E-state index in [1.807, 2.05) is 0 Å². The van der Waals surface area contributed by atoms with Gasteiger partial charge in [0.2, 0.25) is 15.8 Å². The Bertz CT molecular complexity index is 926. The van der Waals surface area contributed by atoms with Crippen molar-refractivity contribution in [3.05, 3.63) is 17.7 Å². The first-order valence-corrected chi connectivity index (χ1v) is 11.2. The first-order valence-electron chi connectivity index (χ1n) is 9.75. The molecule has 2 aliphatic carbocycles. The molecule has 0 radical (unpaired) electrons. The Kier molecular flexibility index (Phi) is 4.14. The van der Waals surface area contributed by atoms with E-state index in [0.717, 1.165) is 45.1 Å². The van der Waals surface area contributed by atoms with Crippen LogP contribution in [0, 0.1) is 17.8 Å². The Hall–Kier alpha value is -1.30. The van der Waals surface area contributed by atoms with Crippen LogP contribution in [0.1, 0.15) is 37.2 Å². The fourth-order valence-electron chi connectivity index (χ4n) is 5.28. The van der Waals surface area contributed by atoms with Gasteiger partial charge < -0.3 is 10.1 Å². The molecule has 0 unspecified atom stereocenters. The molecule has 11 heteroatoms. The number of alkyl halides is 3. The largest absolute Gasteiger partial charge is 0.451 e. The molecule has 3 heterocycles. The third kappa shape index (κ3) is 3.17. The lowest BCUT2D eigenvalue weighted by Gasteiger charge is -2.61. The summed E-state index contributed by atoms with van der Waals surface area (Å²) in [6.45, 7) is 3.81. The van der Waals surface area contributed by atoms with Crippen LogP contribution in [-0.2, 0) is 20.9 Å². The van der Waals surface area contributed by atoms with Crippen molar-refractivity contribution in [3.8, 4) is 0 Å². The molecule has 1 aromatic heterocycles. The average Bonchev–Trinajstić information content (AvgIpc) is 2.46. The van der Waals surface area contributed by atoms with Gasteiger partial charge in [0.15, 0.2) is 0 Å². The molecule has 2 aliphatic heterocycles. The fraction of sp³-hybridized carbons (Fsp3) is 0.778. The minimum absolute atomic E-state index is 0.00752. The number of hydrogen-bond donors (Lipinski definition) is 1. The van der Waals surface area contributed by atoms with Gasteiger partial charge in [0, 0.05) is 36.0 Å². The summed E-state index contributed by atoms with van der Waals surface area (Å²) in [5.41, 5.74) is 0.231. The summed E-state index contributed by atoms with van der Waals surface area (Å²) in [7, 11) is -3.88. The fourth-order valence-corrected chi connectivity index (χ4v) is 7.05. The molecule has 0 atom stereocenters. The van der Waals surface area contributed by atoms with Crippen molar-refractivity contribution in [2.45, 2.75) is 55.8 Å². The summed E-state index contributed by atoms with van der Waals surface area (Å²) in [6.07, 6.45) is 0.248. The van der Waals surface area contributed by atoms with Gasteiger partial charge >= 0.3 is 6.18 Å². The van der Waals surface area contributed by atoms with Crippen molar-refractivity contribution in [3.63, 3.8) is 0 Å². The first-order chi connectivity index (χ1) is 13.5. The molecule has 4 fully saturated rings. The van der Waals surface area contributed by atoms with Crippen LogP contribution < -0.4 is 5.32 Å². The lowest BCUT2D eigenvalue weighted by molar-refractivity contribution is -0.171. The number of sulfonamides is 1. The molecule has 2 saturated carbocycles. The maximum atomic E-state index is 12.8. The highest BCUT2D eigenvalue weighted by Crippen LogP contribution is 2.52. The summed E-state index contributed by atoms with van der Waals surface area (Å²) in [6, 6.07) is 0.951. The van der Waals surface area contributed by atoms with Crippen molar-refractivity contribution >= 4 is 10.0 Å². The zero-order chi connectivity index (χ0) is 20.7. The SMILES string of the molecule is Cc1nc(C(F)(F)F)ncc1S(=O)(=O)N1CC2(CC(NC3CC4(COC4)C3)C2)C1. The molecule has 1 aromatic rings. The second-order valence-corrected chi connectivity index (χ2v) is 11.2. The Balaban J connectivity index is 1.16. The lowest BCUT2D eigenvalue weighted by atomic mass is 9.59. The molecular weight excluding hydrogens is 409 g/mol. The topological polar surface area (TPSA) is 84.4 Å². The second kappa shape index (κ2) is 6.12. The molecule has 5 rings (SSSR count). The van der Waals surface area contributed by atoms with E-state index in [9.17, 15) is 21.6 Å². The van der Waals surface area contributed by atoms with Crippen molar-refractivity contribution in [1.82, 2.24) is 19.6 Å². The second-order valence-electron chi connectivity index (χ2n) is 9.28. The molecule has 0 aromatic carbocycles. The van der Waals surface area contributed by atoms with Crippen LogP contribution in [0.2, 0.25) is 0 Å². The van der Waals surface area contributed by atoms with E-state index in [2.05, 4.69) is 15.3 Å². The minimum Gasteiger partial charge on any atom is -0.380 e. The van der Waals surface area contributed by atoms with Crippen molar-refractivity contribution in [2.24, 2.45) is 10.8 Å². The van der Waals surface area contributed by atoms with Crippen LogP contribution in [0.4, 0.5) is 13.2 Å². The van der Waals surface area contributed by atoms with Gasteiger partial charge in [0.25, 0.3) is 0 Å². The molecule has 0 bridgehead atoms. The predicted molar refractivity (Wildman–Crippen MR) is 95.4 cm³/mol. The molecule has 1 N–H and O–H groups in total.